The molecule has 5 nitrogen and oxygen atoms in total. The van der Waals surface area contributed by atoms with Gasteiger partial charge in [0.15, 0.2) is 0 Å². The van der Waals surface area contributed by atoms with E-state index in [4.69, 9.17) is 11.6 Å². The minimum absolute atomic E-state index is 0.0476. The van der Waals surface area contributed by atoms with Gasteiger partial charge < -0.3 is 5.32 Å². The molecule has 0 saturated carbocycles. The fourth-order valence-corrected chi connectivity index (χ4v) is 3.19. The molecule has 1 rings (SSSR count). The minimum Gasteiger partial charge on any atom is -0.324 e. The molecule has 0 radical (unpaired) electrons. The summed E-state index contributed by atoms with van der Waals surface area (Å²) in [6, 6.07) is 3.46. The van der Waals surface area contributed by atoms with Crippen LogP contribution in [0.25, 0.3) is 0 Å². The predicted octanol–water partition coefficient (Wildman–Crippen LogP) is 2.09. The quantitative estimate of drug-likeness (QED) is 0.872. The Morgan fingerprint density at radius 2 is 1.95 bits per heavy atom. The van der Waals surface area contributed by atoms with Crippen molar-refractivity contribution in [3.63, 3.8) is 0 Å². The Kier molecular flexibility index (Phi) is 5.91. The number of halogens is 2. The Labute approximate surface area is 122 Å². The van der Waals surface area contributed by atoms with Gasteiger partial charge in [0.25, 0.3) is 0 Å². The van der Waals surface area contributed by atoms with Crippen molar-refractivity contribution in [2.75, 3.05) is 24.2 Å². The highest BCUT2D eigenvalue weighted by molar-refractivity contribution is 7.89. The lowest BCUT2D eigenvalue weighted by molar-refractivity contribution is -0.113. The highest BCUT2D eigenvalue weighted by Crippen LogP contribution is 2.22. The van der Waals surface area contributed by atoms with E-state index in [9.17, 15) is 17.6 Å². The fraction of sp³-hybridized carbons (Fsp3) is 0.417. The first-order valence-electron chi connectivity index (χ1n) is 6.02. The number of nitrogens with one attached hydrogen (secondary N) is 1. The van der Waals surface area contributed by atoms with Gasteiger partial charge in [-0.15, -0.1) is 0 Å². The normalized spacial score (nSPS) is 11.7. The molecule has 1 amide bonds. The molecule has 0 aliphatic heterocycles. The first-order valence-corrected chi connectivity index (χ1v) is 8.01. The van der Waals surface area contributed by atoms with E-state index in [1.54, 1.807) is 13.8 Å². The highest BCUT2D eigenvalue weighted by Gasteiger charge is 2.23. The zero-order valence-electron chi connectivity index (χ0n) is 11.2. The molecule has 0 unspecified atom stereocenters. The third kappa shape index (κ3) is 4.43. The van der Waals surface area contributed by atoms with E-state index in [0.29, 0.717) is 0 Å². The van der Waals surface area contributed by atoms with Crippen LogP contribution in [0.2, 0.25) is 5.02 Å². The predicted molar refractivity (Wildman–Crippen MR) is 76.7 cm³/mol. The summed E-state index contributed by atoms with van der Waals surface area (Å²) in [5.41, 5.74) is 0.0476. The number of anilines is 1. The average Bonchev–Trinajstić information content (AvgIpc) is 2.34. The number of sulfonamides is 1. The molecule has 0 aliphatic carbocycles. The lowest BCUT2D eigenvalue weighted by Crippen LogP contribution is -2.36. The van der Waals surface area contributed by atoms with Crippen LogP contribution in [-0.2, 0) is 14.8 Å². The third-order valence-electron chi connectivity index (χ3n) is 2.61. The van der Waals surface area contributed by atoms with Gasteiger partial charge in [-0.05, 0) is 18.2 Å². The summed E-state index contributed by atoms with van der Waals surface area (Å²) in [6.45, 7) is 3.93. The Hall–Kier alpha value is -1.18. The maximum atomic E-state index is 13.0. The molecule has 20 heavy (non-hydrogen) atoms. The smallest absolute Gasteiger partial charge is 0.241 e. The summed E-state index contributed by atoms with van der Waals surface area (Å²) in [7, 11) is -3.68. The van der Waals surface area contributed by atoms with Crippen molar-refractivity contribution in [3.05, 3.63) is 29.0 Å². The van der Waals surface area contributed by atoms with E-state index in [0.717, 1.165) is 12.1 Å². The van der Waals surface area contributed by atoms with Crippen LogP contribution in [0.5, 0.6) is 0 Å². The second-order valence-corrected chi connectivity index (χ2v) is 6.39. The molecule has 0 bridgehead atoms. The summed E-state index contributed by atoms with van der Waals surface area (Å²) in [5, 5.41) is 2.43. The van der Waals surface area contributed by atoms with E-state index in [2.05, 4.69) is 5.32 Å². The standard InChI is InChI=1S/C12H16ClFN2O3S/c1-3-16(4-2)20(18,19)8-12(17)15-11-7-9(14)5-6-10(11)13/h5-7H,3-4,8H2,1-2H3,(H,15,17). The Morgan fingerprint density at radius 1 is 1.35 bits per heavy atom. The number of amides is 1. The van der Waals surface area contributed by atoms with Crippen molar-refractivity contribution in [1.29, 1.82) is 0 Å². The van der Waals surface area contributed by atoms with Crippen molar-refractivity contribution in [2.45, 2.75) is 13.8 Å². The maximum Gasteiger partial charge on any atom is 0.241 e. The van der Waals surface area contributed by atoms with Gasteiger partial charge >= 0.3 is 0 Å². The van der Waals surface area contributed by atoms with Crippen LogP contribution in [0.1, 0.15) is 13.8 Å². The number of hydrogen-bond donors (Lipinski definition) is 1. The summed E-state index contributed by atoms with van der Waals surface area (Å²) in [4.78, 5) is 11.7. The van der Waals surface area contributed by atoms with E-state index < -0.39 is 27.5 Å². The molecule has 0 heterocycles. The molecule has 8 heteroatoms. The molecule has 1 aromatic carbocycles. The Balaban J connectivity index is 2.80. The maximum absolute atomic E-state index is 13.0. The first-order chi connectivity index (χ1) is 9.30. The third-order valence-corrected chi connectivity index (χ3v) is 4.87. The number of carbonyl (C=O) groups is 1. The SMILES string of the molecule is CCN(CC)S(=O)(=O)CC(=O)Nc1cc(F)ccc1Cl. The molecule has 112 valence electrons. The molecule has 1 N–H and O–H groups in total. The van der Waals surface area contributed by atoms with Crippen LogP contribution >= 0.6 is 11.6 Å². The van der Waals surface area contributed by atoms with E-state index in [-0.39, 0.29) is 23.8 Å². The van der Waals surface area contributed by atoms with Gasteiger partial charge in [0.1, 0.15) is 11.6 Å². The van der Waals surface area contributed by atoms with Crippen molar-refractivity contribution in [1.82, 2.24) is 4.31 Å². The van der Waals surface area contributed by atoms with Crippen LogP contribution in [0.3, 0.4) is 0 Å². The van der Waals surface area contributed by atoms with Crippen LogP contribution in [0.4, 0.5) is 10.1 Å². The van der Waals surface area contributed by atoms with Gasteiger partial charge in [0, 0.05) is 13.1 Å². The zero-order valence-corrected chi connectivity index (χ0v) is 12.8. The second kappa shape index (κ2) is 7.01. The van der Waals surface area contributed by atoms with E-state index in [1.165, 1.54) is 10.4 Å². The molecule has 0 aliphatic rings. The van der Waals surface area contributed by atoms with Gasteiger partial charge in [0.05, 0.1) is 10.7 Å². The highest BCUT2D eigenvalue weighted by atomic mass is 35.5. The summed E-state index contributed by atoms with van der Waals surface area (Å²) < 4.78 is 38.0. The van der Waals surface area contributed by atoms with Gasteiger partial charge in [0.2, 0.25) is 15.9 Å². The van der Waals surface area contributed by atoms with Crippen LogP contribution < -0.4 is 5.32 Å². The van der Waals surface area contributed by atoms with E-state index >= 15 is 0 Å². The topological polar surface area (TPSA) is 66.5 Å². The minimum atomic E-state index is -3.68. The monoisotopic (exact) mass is 322 g/mol. The van der Waals surface area contributed by atoms with Crippen LogP contribution in [-0.4, -0.2) is 37.5 Å². The molecule has 0 saturated heterocycles. The Bertz CT molecular complexity index is 588. The number of hydrogen-bond acceptors (Lipinski definition) is 3. The largest absolute Gasteiger partial charge is 0.324 e. The lowest BCUT2D eigenvalue weighted by Gasteiger charge is -2.18. The van der Waals surface area contributed by atoms with Crippen molar-refractivity contribution in [2.24, 2.45) is 0 Å². The number of benzene rings is 1. The van der Waals surface area contributed by atoms with Crippen LogP contribution in [0, 0.1) is 5.82 Å². The fourth-order valence-electron chi connectivity index (χ4n) is 1.65. The van der Waals surface area contributed by atoms with Gasteiger partial charge in [-0.25, -0.2) is 17.1 Å². The molecule has 0 spiro atoms. The van der Waals surface area contributed by atoms with Crippen molar-refractivity contribution < 1.29 is 17.6 Å². The average molecular weight is 323 g/mol. The molecular weight excluding hydrogens is 307 g/mol. The van der Waals surface area contributed by atoms with Crippen molar-refractivity contribution in [3.8, 4) is 0 Å². The van der Waals surface area contributed by atoms with Gasteiger partial charge in [-0.3, -0.25) is 4.79 Å². The summed E-state index contributed by atoms with van der Waals surface area (Å²) in [6.07, 6.45) is 0. The van der Waals surface area contributed by atoms with Crippen LogP contribution in [0.15, 0.2) is 18.2 Å². The molecule has 0 atom stereocenters. The summed E-state index contributed by atoms with van der Waals surface area (Å²) in [5.74, 6) is -2.04. The lowest BCUT2D eigenvalue weighted by atomic mass is 10.3. The molecule has 1 aromatic rings. The van der Waals surface area contributed by atoms with Gasteiger partial charge in [-0.1, -0.05) is 25.4 Å². The number of carbonyl (C=O) groups excluding carboxylic acids is 1. The molecule has 0 fully saturated rings. The number of rotatable bonds is 6. The van der Waals surface area contributed by atoms with Gasteiger partial charge in [-0.2, -0.15) is 0 Å². The van der Waals surface area contributed by atoms with Crippen molar-refractivity contribution >= 4 is 33.2 Å². The first kappa shape index (κ1) is 16.9. The molecule has 0 aromatic heterocycles. The summed E-state index contributed by atoms with van der Waals surface area (Å²) >= 11 is 5.79. The Morgan fingerprint density at radius 3 is 2.50 bits per heavy atom. The zero-order chi connectivity index (χ0) is 15.3. The number of nitrogens with zero attached hydrogens (tertiary/aromatic N) is 1. The molecular formula is C12H16ClFN2O3S. The van der Waals surface area contributed by atoms with E-state index in [1.807, 2.05) is 0 Å². The second-order valence-electron chi connectivity index (χ2n) is 4.01.